The summed E-state index contributed by atoms with van der Waals surface area (Å²) in [4.78, 5) is 59.0. The summed E-state index contributed by atoms with van der Waals surface area (Å²) < 4.78 is 0. The highest BCUT2D eigenvalue weighted by Gasteiger charge is 2.45. The van der Waals surface area contributed by atoms with E-state index in [4.69, 9.17) is 0 Å². The van der Waals surface area contributed by atoms with Gasteiger partial charge in [-0.3, -0.25) is 24.3 Å². The molecular weight excluding hydrogens is 480 g/mol. The molecule has 8 heteroatoms. The number of aldehydes is 1. The van der Waals surface area contributed by atoms with E-state index < -0.39 is 29.8 Å². The molecule has 1 unspecified atom stereocenters. The molecule has 0 fully saturated rings. The molecule has 1 aromatic heterocycles. The van der Waals surface area contributed by atoms with E-state index >= 15 is 0 Å². The molecule has 38 heavy (non-hydrogen) atoms. The van der Waals surface area contributed by atoms with Crippen molar-refractivity contribution in [1.82, 2.24) is 19.9 Å². The van der Waals surface area contributed by atoms with Gasteiger partial charge in [-0.25, -0.2) is 10.0 Å². The van der Waals surface area contributed by atoms with Crippen molar-refractivity contribution in [3.05, 3.63) is 108 Å². The average Bonchev–Trinajstić information content (AvgIpc) is 2.93. The normalized spacial score (nSPS) is 16.2. The van der Waals surface area contributed by atoms with Gasteiger partial charge in [0.2, 0.25) is 5.91 Å². The monoisotopic (exact) mass is 510 g/mol. The molecule has 8 nitrogen and oxygen atoms in total. The molecule has 1 aliphatic rings. The lowest BCUT2D eigenvalue weighted by atomic mass is 9.97. The maximum absolute atomic E-state index is 14.3. The molecule has 2 aromatic carbocycles. The molecule has 0 saturated heterocycles. The van der Waals surface area contributed by atoms with Crippen LogP contribution in [0.4, 0.5) is 0 Å². The van der Waals surface area contributed by atoms with Crippen LogP contribution in [0.1, 0.15) is 42.4 Å². The predicted molar refractivity (Wildman–Crippen MR) is 143 cm³/mol. The molecule has 4 rings (SSSR count). The van der Waals surface area contributed by atoms with E-state index in [0.29, 0.717) is 17.5 Å². The number of pyridine rings is 1. The van der Waals surface area contributed by atoms with Crippen LogP contribution >= 0.6 is 0 Å². The van der Waals surface area contributed by atoms with Crippen molar-refractivity contribution in [1.29, 1.82) is 0 Å². The van der Waals surface area contributed by atoms with Gasteiger partial charge in [-0.1, -0.05) is 80.6 Å². The van der Waals surface area contributed by atoms with E-state index in [2.05, 4.69) is 4.98 Å². The number of hydrogen-bond acceptors (Lipinski definition) is 5. The molecule has 1 aliphatic heterocycles. The number of carbonyl (C=O) groups is 4. The molecule has 0 saturated carbocycles. The number of carbonyl (C=O) groups excluding carboxylic acids is 4. The van der Waals surface area contributed by atoms with Crippen molar-refractivity contribution >= 4 is 29.7 Å². The average molecular weight is 511 g/mol. The Balaban J connectivity index is 1.87. The first kappa shape index (κ1) is 26.5. The Labute approximate surface area is 222 Å². The summed E-state index contributed by atoms with van der Waals surface area (Å²) in [5.74, 6) is -1.69. The highest BCUT2D eigenvalue weighted by atomic mass is 16.2. The molecule has 0 aliphatic carbocycles. The molecule has 0 radical (unpaired) electrons. The lowest BCUT2D eigenvalue weighted by Crippen LogP contribution is -2.62. The van der Waals surface area contributed by atoms with Crippen LogP contribution < -0.4 is 0 Å². The maximum Gasteiger partial charge on any atom is 0.277 e. The van der Waals surface area contributed by atoms with Crippen molar-refractivity contribution in [2.45, 2.75) is 39.3 Å². The smallest absolute Gasteiger partial charge is 0.277 e. The van der Waals surface area contributed by atoms with E-state index in [1.807, 2.05) is 50.2 Å². The first-order chi connectivity index (χ1) is 18.3. The second-order valence-corrected chi connectivity index (χ2v) is 9.40. The fourth-order valence-corrected chi connectivity index (χ4v) is 4.64. The number of nitrogens with zero attached hydrogens (tertiary/aromatic N) is 4. The molecule has 0 bridgehead atoms. The van der Waals surface area contributed by atoms with E-state index in [9.17, 15) is 19.2 Å². The third kappa shape index (κ3) is 5.39. The number of rotatable bonds is 8. The number of amides is 3. The van der Waals surface area contributed by atoms with Crippen LogP contribution in [-0.4, -0.2) is 56.0 Å². The topological polar surface area (TPSA) is 90.9 Å². The lowest BCUT2D eigenvalue weighted by Gasteiger charge is -2.46. The number of benzene rings is 2. The predicted octanol–water partition coefficient (Wildman–Crippen LogP) is 3.96. The van der Waals surface area contributed by atoms with Crippen LogP contribution in [0.15, 0.2) is 91.3 Å². The molecular formula is C30H30N4O4. The van der Waals surface area contributed by atoms with E-state index in [0.717, 1.165) is 5.56 Å². The summed E-state index contributed by atoms with van der Waals surface area (Å²) in [7, 11) is 0. The summed E-state index contributed by atoms with van der Waals surface area (Å²) in [6.07, 6.45) is 4.00. The molecule has 3 amide bonds. The second kappa shape index (κ2) is 11.6. The maximum atomic E-state index is 14.3. The van der Waals surface area contributed by atoms with Crippen LogP contribution in [0, 0.1) is 5.92 Å². The van der Waals surface area contributed by atoms with Gasteiger partial charge in [0, 0.05) is 31.3 Å². The summed E-state index contributed by atoms with van der Waals surface area (Å²) in [6, 6.07) is 21.5. The van der Waals surface area contributed by atoms with Gasteiger partial charge in [0.05, 0.1) is 5.70 Å². The zero-order chi connectivity index (χ0) is 27.2. The van der Waals surface area contributed by atoms with Gasteiger partial charge in [0.15, 0.2) is 0 Å². The number of hydrazine groups is 1. The first-order valence-electron chi connectivity index (χ1n) is 12.5. The second-order valence-electron chi connectivity index (χ2n) is 9.40. The third-order valence-corrected chi connectivity index (χ3v) is 6.37. The van der Waals surface area contributed by atoms with Gasteiger partial charge in [0.25, 0.3) is 11.8 Å². The van der Waals surface area contributed by atoms with Gasteiger partial charge < -0.3 is 4.79 Å². The Morgan fingerprint density at radius 2 is 1.61 bits per heavy atom. The quantitative estimate of drug-likeness (QED) is 0.428. The first-order valence-corrected chi connectivity index (χ1v) is 12.5. The third-order valence-electron chi connectivity index (χ3n) is 6.37. The molecule has 2 atom stereocenters. The van der Waals surface area contributed by atoms with Crippen LogP contribution in [0.25, 0.3) is 5.70 Å². The SMILES string of the molecule is CC(=O)N([C@H](C=O)Cc1ccccc1)N1C(=O)C(C(C)C)N(C(=O)c2ccccn2)C=C1c1ccccc1. The Bertz CT molecular complexity index is 1330. The van der Waals surface area contributed by atoms with Crippen LogP contribution in [0.3, 0.4) is 0 Å². The number of aromatic nitrogens is 1. The minimum atomic E-state index is -0.947. The molecule has 3 aromatic rings. The summed E-state index contributed by atoms with van der Waals surface area (Å²) in [5, 5.41) is 2.48. The van der Waals surface area contributed by atoms with Crippen molar-refractivity contribution in [2.24, 2.45) is 5.92 Å². The minimum Gasteiger partial charge on any atom is -0.301 e. The largest absolute Gasteiger partial charge is 0.301 e. The van der Waals surface area contributed by atoms with Gasteiger partial charge in [0.1, 0.15) is 24.1 Å². The summed E-state index contributed by atoms with van der Waals surface area (Å²) >= 11 is 0. The Kier molecular flexibility index (Phi) is 8.11. The fourth-order valence-electron chi connectivity index (χ4n) is 4.64. The molecule has 194 valence electrons. The van der Waals surface area contributed by atoms with Crippen molar-refractivity contribution in [2.75, 3.05) is 0 Å². The van der Waals surface area contributed by atoms with E-state index in [1.54, 1.807) is 48.7 Å². The van der Waals surface area contributed by atoms with E-state index in [1.165, 1.54) is 28.0 Å². The zero-order valence-electron chi connectivity index (χ0n) is 21.6. The summed E-state index contributed by atoms with van der Waals surface area (Å²) in [6.45, 7) is 4.99. The van der Waals surface area contributed by atoms with Crippen LogP contribution in [0.2, 0.25) is 0 Å². The Hall–Kier alpha value is -4.59. The summed E-state index contributed by atoms with van der Waals surface area (Å²) in [5.41, 5.74) is 1.96. The zero-order valence-corrected chi connectivity index (χ0v) is 21.6. The van der Waals surface area contributed by atoms with Crippen LogP contribution in [0.5, 0.6) is 0 Å². The minimum absolute atomic E-state index is 0.196. The van der Waals surface area contributed by atoms with Gasteiger partial charge in [-0.2, -0.15) is 0 Å². The Morgan fingerprint density at radius 1 is 0.974 bits per heavy atom. The van der Waals surface area contributed by atoms with Gasteiger partial charge in [-0.15, -0.1) is 0 Å². The lowest BCUT2D eigenvalue weighted by molar-refractivity contribution is -0.165. The highest BCUT2D eigenvalue weighted by molar-refractivity contribution is 6.02. The van der Waals surface area contributed by atoms with Crippen molar-refractivity contribution in [3.8, 4) is 0 Å². The Morgan fingerprint density at radius 3 is 2.16 bits per heavy atom. The fraction of sp³-hybridized carbons (Fsp3) is 0.233. The van der Waals surface area contributed by atoms with Gasteiger partial charge >= 0.3 is 0 Å². The molecule has 2 heterocycles. The van der Waals surface area contributed by atoms with Crippen molar-refractivity contribution < 1.29 is 19.2 Å². The van der Waals surface area contributed by atoms with E-state index in [-0.39, 0.29) is 18.0 Å². The van der Waals surface area contributed by atoms with Crippen LogP contribution in [-0.2, 0) is 20.8 Å². The van der Waals surface area contributed by atoms with Crippen molar-refractivity contribution in [3.63, 3.8) is 0 Å². The highest BCUT2D eigenvalue weighted by Crippen LogP contribution is 2.33. The van der Waals surface area contributed by atoms with Gasteiger partial charge in [-0.05, 0) is 23.6 Å². The number of hydrogen-bond donors (Lipinski definition) is 0. The standard InChI is InChI=1S/C30H30N4O4/c1-21(2)28-30(38)34(33(22(3)36)25(20-35)18-23-12-6-4-7-13-23)27(24-14-8-5-9-15-24)19-32(28)29(37)26-16-10-11-17-31-26/h4-17,19-21,25,28H,18H2,1-3H3/t25-,28?/m0/s1. The molecule has 0 N–H and O–H groups in total. The molecule has 0 spiro atoms.